The Labute approximate surface area is 153 Å². The molecule has 0 fully saturated rings. The molecule has 142 valence electrons. The Kier molecular flexibility index (Phi) is 6.49. The van der Waals surface area contributed by atoms with Gasteiger partial charge < -0.3 is 9.26 Å². The summed E-state index contributed by atoms with van der Waals surface area (Å²) in [4.78, 5) is 16.3. The van der Waals surface area contributed by atoms with Crippen molar-refractivity contribution in [2.24, 2.45) is 0 Å². The minimum absolute atomic E-state index is 0.0906. The van der Waals surface area contributed by atoms with Gasteiger partial charge in [-0.3, -0.25) is 0 Å². The first-order valence-corrected chi connectivity index (χ1v) is 9.83. The Bertz CT molecular complexity index is 844. The van der Waals surface area contributed by atoms with E-state index in [0.29, 0.717) is 12.2 Å². The average Bonchev–Trinajstić information content (AvgIpc) is 3.08. The molecule has 0 aliphatic rings. The highest BCUT2D eigenvalue weighted by Gasteiger charge is 2.18. The van der Waals surface area contributed by atoms with Gasteiger partial charge in [-0.25, -0.2) is 17.9 Å². The number of rotatable bonds is 8. The molecule has 0 radical (unpaired) electrons. The highest BCUT2D eigenvalue weighted by atomic mass is 32.2. The molecule has 9 heteroatoms. The van der Waals surface area contributed by atoms with Crippen molar-refractivity contribution in [3.05, 3.63) is 41.5 Å². The maximum atomic E-state index is 12.2. The third-order valence-corrected chi connectivity index (χ3v) is 5.30. The van der Waals surface area contributed by atoms with E-state index >= 15 is 0 Å². The van der Waals surface area contributed by atoms with Gasteiger partial charge in [0.2, 0.25) is 10.0 Å². The number of nitrogens with one attached hydrogen (secondary N) is 1. The summed E-state index contributed by atoms with van der Waals surface area (Å²) < 4.78 is 37.1. The predicted molar refractivity (Wildman–Crippen MR) is 94.0 cm³/mol. The predicted octanol–water partition coefficient (Wildman–Crippen LogP) is 2.63. The summed E-state index contributed by atoms with van der Waals surface area (Å²) in [5.74, 6) is 0.258. The van der Waals surface area contributed by atoms with Crippen molar-refractivity contribution in [2.75, 3.05) is 0 Å². The van der Waals surface area contributed by atoms with E-state index in [1.807, 2.05) is 20.8 Å². The number of carbonyl (C=O) groups is 1. The largest absolute Gasteiger partial charge is 0.452 e. The maximum absolute atomic E-state index is 12.2. The van der Waals surface area contributed by atoms with Crippen molar-refractivity contribution in [2.45, 2.75) is 57.6 Å². The van der Waals surface area contributed by atoms with Gasteiger partial charge in [-0.2, -0.15) is 4.98 Å². The quantitative estimate of drug-likeness (QED) is 0.700. The Balaban J connectivity index is 1.99. The molecular weight excluding hydrogens is 358 g/mol. The number of benzene rings is 1. The third-order valence-electron chi connectivity index (χ3n) is 3.70. The minimum Gasteiger partial charge on any atom is -0.452 e. The Morgan fingerprint density at radius 3 is 2.42 bits per heavy atom. The fraction of sp³-hybridized carbons (Fsp3) is 0.471. The Hall–Kier alpha value is -2.26. The molecule has 0 spiro atoms. The molecule has 2 rings (SSSR count). The smallest absolute Gasteiger partial charge is 0.338 e. The van der Waals surface area contributed by atoms with E-state index in [1.165, 1.54) is 24.3 Å². The summed E-state index contributed by atoms with van der Waals surface area (Å²) in [6, 6.07) is 5.37. The summed E-state index contributed by atoms with van der Waals surface area (Å²) in [5, 5.41) is 3.78. The zero-order chi connectivity index (χ0) is 19.3. The fourth-order valence-corrected chi connectivity index (χ4v) is 3.29. The van der Waals surface area contributed by atoms with Crippen LogP contribution in [0, 0.1) is 0 Å². The van der Waals surface area contributed by atoms with Crippen LogP contribution >= 0.6 is 0 Å². The molecule has 1 atom stereocenters. The lowest BCUT2D eigenvalue weighted by Gasteiger charge is -2.12. The number of esters is 1. The molecule has 1 aromatic carbocycles. The first kappa shape index (κ1) is 20.1. The second-order valence-corrected chi connectivity index (χ2v) is 7.95. The van der Waals surface area contributed by atoms with Crippen LogP contribution in [0.25, 0.3) is 0 Å². The molecule has 0 aliphatic carbocycles. The van der Waals surface area contributed by atoms with Crippen molar-refractivity contribution in [3.8, 4) is 0 Å². The van der Waals surface area contributed by atoms with Crippen LogP contribution in [0.1, 0.15) is 62.1 Å². The lowest BCUT2D eigenvalue weighted by Crippen LogP contribution is -2.32. The fourth-order valence-electron chi connectivity index (χ4n) is 1.96. The number of aromatic nitrogens is 2. The monoisotopic (exact) mass is 381 g/mol. The average molecular weight is 381 g/mol. The summed E-state index contributed by atoms with van der Waals surface area (Å²) >= 11 is 0. The zero-order valence-corrected chi connectivity index (χ0v) is 16.0. The zero-order valence-electron chi connectivity index (χ0n) is 15.2. The van der Waals surface area contributed by atoms with Crippen molar-refractivity contribution in [3.63, 3.8) is 0 Å². The van der Waals surface area contributed by atoms with E-state index in [0.717, 1.165) is 0 Å². The van der Waals surface area contributed by atoms with Crippen LogP contribution in [-0.4, -0.2) is 30.6 Å². The van der Waals surface area contributed by atoms with Crippen LogP contribution < -0.4 is 4.72 Å². The van der Waals surface area contributed by atoms with Crippen molar-refractivity contribution >= 4 is 16.0 Å². The highest BCUT2D eigenvalue weighted by Crippen LogP contribution is 2.14. The first-order valence-electron chi connectivity index (χ1n) is 8.35. The van der Waals surface area contributed by atoms with Gasteiger partial charge in [-0.15, -0.1) is 0 Å². The molecular formula is C17H23N3O5S. The van der Waals surface area contributed by atoms with Crippen LogP contribution in [0.3, 0.4) is 0 Å². The van der Waals surface area contributed by atoms with Gasteiger partial charge in [0, 0.05) is 12.0 Å². The second-order valence-electron chi connectivity index (χ2n) is 6.23. The van der Waals surface area contributed by atoms with E-state index in [2.05, 4.69) is 14.9 Å². The summed E-state index contributed by atoms with van der Waals surface area (Å²) in [6.45, 7) is 7.37. The molecule has 26 heavy (non-hydrogen) atoms. The van der Waals surface area contributed by atoms with E-state index in [4.69, 9.17) is 9.26 Å². The molecule has 2 aromatic rings. The lowest BCUT2D eigenvalue weighted by molar-refractivity contribution is 0.0429. The number of nitrogens with zero attached hydrogens (tertiary/aromatic N) is 2. The van der Waals surface area contributed by atoms with Gasteiger partial charge in [-0.05, 0) is 37.6 Å². The number of hydrogen-bond acceptors (Lipinski definition) is 7. The molecule has 1 unspecified atom stereocenters. The van der Waals surface area contributed by atoms with Gasteiger partial charge in [0.25, 0.3) is 5.89 Å². The van der Waals surface area contributed by atoms with Crippen LogP contribution in [0.5, 0.6) is 0 Å². The van der Waals surface area contributed by atoms with Gasteiger partial charge >= 0.3 is 5.97 Å². The standard InChI is InChI=1S/C17H23N3O5S/c1-5-12(4)20-26(22,23)14-8-6-13(7-9-14)17(21)24-10-15-18-16(11(2)3)19-25-15/h6-9,11-12,20H,5,10H2,1-4H3. The molecule has 0 aliphatic heterocycles. The van der Waals surface area contributed by atoms with E-state index in [1.54, 1.807) is 6.92 Å². The van der Waals surface area contributed by atoms with Crippen molar-refractivity contribution in [1.82, 2.24) is 14.9 Å². The first-order chi connectivity index (χ1) is 12.2. The van der Waals surface area contributed by atoms with E-state index in [-0.39, 0.29) is 34.9 Å². The summed E-state index contributed by atoms with van der Waals surface area (Å²) in [7, 11) is -3.61. The molecule has 0 saturated carbocycles. The van der Waals surface area contributed by atoms with E-state index < -0.39 is 16.0 Å². The second kappa shape index (κ2) is 8.41. The molecule has 0 amide bonds. The molecule has 1 aromatic heterocycles. The van der Waals surface area contributed by atoms with Gasteiger partial charge in [0.05, 0.1) is 10.5 Å². The molecule has 0 saturated heterocycles. The SMILES string of the molecule is CCC(C)NS(=O)(=O)c1ccc(C(=O)OCc2nc(C(C)C)no2)cc1. The summed E-state index contributed by atoms with van der Waals surface area (Å²) in [6.07, 6.45) is 0.678. The van der Waals surface area contributed by atoms with Gasteiger partial charge in [0.15, 0.2) is 12.4 Å². The normalized spacial score (nSPS) is 13.0. The number of carbonyl (C=O) groups excluding carboxylic acids is 1. The lowest BCUT2D eigenvalue weighted by atomic mass is 10.2. The number of sulfonamides is 1. The van der Waals surface area contributed by atoms with Crippen molar-refractivity contribution < 1.29 is 22.5 Å². The van der Waals surface area contributed by atoms with Crippen LogP contribution in [-0.2, 0) is 21.4 Å². The summed E-state index contributed by atoms with van der Waals surface area (Å²) in [5.41, 5.74) is 0.232. The Morgan fingerprint density at radius 1 is 1.23 bits per heavy atom. The van der Waals surface area contributed by atoms with Crippen molar-refractivity contribution in [1.29, 1.82) is 0 Å². The minimum atomic E-state index is -3.61. The third kappa shape index (κ3) is 5.12. The molecule has 8 nitrogen and oxygen atoms in total. The number of hydrogen-bond donors (Lipinski definition) is 1. The topological polar surface area (TPSA) is 111 Å². The maximum Gasteiger partial charge on any atom is 0.338 e. The molecule has 0 bridgehead atoms. The van der Waals surface area contributed by atoms with Crippen LogP contribution in [0.15, 0.2) is 33.7 Å². The van der Waals surface area contributed by atoms with Crippen LogP contribution in [0.2, 0.25) is 0 Å². The number of ether oxygens (including phenoxy) is 1. The van der Waals surface area contributed by atoms with E-state index in [9.17, 15) is 13.2 Å². The highest BCUT2D eigenvalue weighted by molar-refractivity contribution is 7.89. The Morgan fingerprint density at radius 2 is 1.88 bits per heavy atom. The molecule has 1 heterocycles. The van der Waals surface area contributed by atoms with Gasteiger partial charge in [0.1, 0.15) is 0 Å². The van der Waals surface area contributed by atoms with Gasteiger partial charge in [-0.1, -0.05) is 25.9 Å². The molecule has 1 N–H and O–H groups in total. The van der Waals surface area contributed by atoms with Crippen LogP contribution in [0.4, 0.5) is 0 Å².